The number of rotatable bonds is 5. The Morgan fingerprint density at radius 2 is 1.62 bits per heavy atom. The number of benzene rings is 2. The summed E-state index contributed by atoms with van der Waals surface area (Å²) in [6.45, 7) is 0. The van der Waals surface area contributed by atoms with Gasteiger partial charge in [0.25, 0.3) is 0 Å². The largest absolute Gasteiger partial charge is 0.497 e. The Hall–Kier alpha value is -2.14. The molecular weight excluding hydrogens is 276 g/mol. The second-order valence-corrected chi connectivity index (χ2v) is 4.69. The molecule has 0 aromatic heterocycles. The predicted octanol–water partition coefficient (Wildman–Crippen LogP) is 3.22. The average Bonchev–Trinajstić information content (AvgIpc) is 2.49. The zero-order valence-electron chi connectivity index (χ0n) is 11.9. The number of nitrogens with two attached hydrogens (primary N) is 1. The fourth-order valence-electron chi connectivity index (χ4n) is 2.09. The highest BCUT2D eigenvalue weighted by Gasteiger charge is 2.13. The lowest BCUT2D eigenvalue weighted by atomic mass is 9.99. The molecule has 1 unspecified atom stereocenters. The first-order chi connectivity index (χ1) is 10.0. The average molecular weight is 293 g/mol. The van der Waals surface area contributed by atoms with E-state index in [4.69, 9.17) is 15.2 Å². The van der Waals surface area contributed by atoms with Gasteiger partial charge < -0.3 is 15.2 Å². The second kappa shape index (κ2) is 6.54. The van der Waals surface area contributed by atoms with Crippen molar-refractivity contribution >= 4 is 0 Å². The number of halogens is 2. The Bertz CT molecular complexity index is 609. The van der Waals surface area contributed by atoms with Gasteiger partial charge in [-0.2, -0.15) is 0 Å². The van der Waals surface area contributed by atoms with Crippen LogP contribution in [0.4, 0.5) is 8.78 Å². The first-order valence-electron chi connectivity index (χ1n) is 6.46. The van der Waals surface area contributed by atoms with Gasteiger partial charge in [-0.25, -0.2) is 8.78 Å². The van der Waals surface area contributed by atoms with Crippen molar-refractivity contribution in [3.63, 3.8) is 0 Å². The fraction of sp³-hybridized carbons (Fsp3) is 0.250. The monoisotopic (exact) mass is 293 g/mol. The van der Waals surface area contributed by atoms with Crippen LogP contribution < -0.4 is 15.2 Å². The van der Waals surface area contributed by atoms with E-state index in [2.05, 4.69) is 0 Å². The molecule has 2 rings (SSSR count). The van der Waals surface area contributed by atoms with E-state index in [0.29, 0.717) is 17.1 Å². The maximum atomic E-state index is 13.7. The minimum absolute atomic E-state index is 0.252. The third-order valence-electron chi connectivity index (χ3n) is 3.26. The molecule has 112 valence electrons. The van der Waals surface area contributed by atoms with E-state index in [9.17, 15) is 8.78 Å². The molecule has 2 aromatic carbocycles. The van der Waals surface area contributed by atoms with E-state index in [1.165, 1.54) is 12.1 Å². The van der Waals surface area contributed by atoms with Crippen molar-refractivity contribution in [2.45, 2.75) is 12.5 Å². The molecule has 0 bridgehead atoms. The number of hydrogen-bond acceptors (Lipinski definition) is 3. The normalized spacial score (nSPS) is 12.0. The van der Waals surface area contributed by atoms with E-state index < -0.39 is 17.7 Å². The molecule has 21 heavy (non-hydrogen) atoms. The molecule has 0 saturated carbocycles. The van der Waals surface area contributed by atoms with Gasteiger partial charge in [0.2, 0.25) is 0 Å². The minimum atomic E-state index is -0.604. The molecule has 0 aliphatic carbocycles. The standard InChI is InChI=1S/C16H17F2NO2/c1-20-13-5-11(6-14(9-13)21-2)16(19)7-10-3-4-12(17)8-15(10)18/h3-6,8-9,16H,7,19H2,1-2H3. The van der Waals surface area contributed by atoms with Gasteiger partial charge in [-0.05, 0) is 35.7 Å². The highest BCUT2D eigenvalue weighted by molar-refractivity contribution is 5.40. The smallest absolute Gasteiger partial charge is 0.129 e. The zero-order valence-corrected chi connectivity index (χ0v) is 11.9. The lowest BCUT2D eigenvalue weighted by Gasteiger charge is -2.15. The quantitative estimate of drug-likeness (QED) is 0.920. The van der Waals surface area contributed by atoms with Crippen molar-refractivity contribution < 1.29 is 18.3 Å². The van der Waals surface area contributed by atoms with Gasteiger partial charge >= 0.3 is 0 Å². The summed E-state index contributed by atoms with van der Waals surface area (Å²) in [5.74, 6) is 0.0203. The van der Waals surface area contributed by atoms with Crippen molar-refractivity contribution in [1.29, 1.82) is 0 Å². The van der Waals surface area contributed by atoms with Crippen molar-refractivity contribution in [2.24, 2.45) is 5.73 Å². The lowest BCUT2D eigenvalue weighted by Crippen LogP contribution is -2.14. The summed E-state index contributed by atoms with van der Waals surface area (Å²) >= 11 is 0. The van der Waals surface area contributed by atoms with Gasteiger partial charge in [0.05, 0.1) is 14.2 Å². The Morgan fingerprint density at radius 3 is 2.14 bits per heavy atom. The van der Waals surface area contributed by atoms with Crippen LogP contribution in [0, 0.1) is 11.6 Å². The van der Waals surface area contributed by atoms with Gasteiger partial charge in [0, 0.05) is 18.2 Å². The molecule has 0 radical (unpaired) electrons. The third-order valence-corrected chi connectivity index (χ3v) is 3.26. The molecule has 5 heteroatoms. The fourth-order valence-corrected chi connectivity index (χ4v) is 2.09. The van der Waals surface area contributed by atoms with Crippen molar-refractivity contribution in [2.75, 3.05) is 14.2 Å². The van der Waals surface area contributed by atoms with Crippen molar-refractivity contribution in [3.05, 3.63) is 59.2 Å². The first kappa shape index (κ1) is 15.3. The summed E-state index contributed by atoms with van der Waals surface area (Å²) in [5, 5.41) is 0. The number of hydrogen-bond donors (Lipinski definition) is 1. The van der Waals surface area contributed by atoms with E-state index >= 15 is 0 Å². The maximum Gasteiger partial charge on any atom is 0.129 e. The zero-order chi connectivity index (χ0) is 15.4. The molecule has 3 nitrogen and oxygen atoms in total. The van der Waals surface area contributed by atoms with Crippen LogP contribution in [0.1, 0.15) is 17.2 Å². The Labute approximate surface area is 122 Å². The molecule has 0 fully saturated rings. The van der Waals surface area contributed by atoms with Crippen LogP contribution in [-0.2, 0) is 6.42 Å². The lowest BCUT2D eigenvalue weighted by molar-refractivity contribution is 0.392. The van der Waals surface area contributed by atoms with Crippen LogP contribution in [0.2, 0.25) is 0 Å². The molecule has 1 atom stereocenters. The van der Waals surface area contributed by atoms with Crippen LogP contribution in [0.3, 0.4) is 0 Å². The molecule has 2 aromatic rings. The molecule has 0 heterocycles. The highest BCUT2D eigenvalue weighted by atomic mass is 19.1. The Morgan fingerprint density at radius 1 is 1.00 bits per heavy atom. The number of ether oxygens (including phenoxy) is 2. The van der Waals surface area contributed by atoms with Gasteiger partial charge in [0.1, 0.15) is 23.1 Å². The van der Waals surface area contributed by atoms with E-state index in [0.717, 1.165) is 11.6 Å². The summed E-state index contributed by atoms with van der Waals surface area (Å²) in [4.78, 5) is 0. The number of methoxy groups -OCH3 is 2. The molecule has 0 saturated heterocycles. The molecule has 0 spiro atoms. The summed E-state index contributed by atoms with van der Waals surface area (Å²) in [6, 6.07) is 8.31. The SMILES string of the molecule is COc1cc(OC)cc(C(N)Cc2ccc(F)cc2F)c1. The summed E-state index contributed by atoms with van der Waals surface area (Å²) in [6.07, 6.45) is 0.252. The minimum Gasteiger partial charge on any atom is -0.497 e. The van der Waals surface area contributed by atoms with E-state index in [-0.39, 0.29) is 6.42 Å². The molecule has 0 aliphatic heterocycles. The van der Waals surface area contributed by atoms with Crippen LogP contribution >= 0.6 is 0 Å². The summed E-state index contributed by atoms with van der Waals surface area (Å²) in [7, 11) is 3.09. The van der Waals surface area contributed by atoms with E-state index in [1.807, 2.05) is 0 Å². The van der Waals surface area contributed by atoms with Gasteiger partial charge in [-0.3, -0.25) is 0 Å². The Balaban J connectivity index is 2.25. The summed E-state index contributed by atoms with van der Waals surface area (Å²) < 4.78 is 36.9. The highest BCUT2D eigenvalue weighted by Crippen LogP contribution is 2.27. The van der Waals surface area contributed by atoms with Crippen LogP contribution in [0.25, 0.3) is 0 Å². The predicted molar refractivity (Wildman–Crippen MR) is 76.5 cm³/mol. The van der Waals surface area contributed by atoms with Gasteiger partial charge in [-0.1, -0.05) is 6.07 Å². The van der Waals surface area contributed by atoms with E-state index in [1.54, 1.807) is 32.4 Å². The van der Waals surface area contributed by atoms with Gasteiger partial charge in [-0.15, -0.1) is 0 Å². The van der Waals surface area contributed by atoms with Crippen LogP contribution in [-0.4, -0.2) is 14.2 Å². The van der Waals surface area contributed by atoms with Crippen LogP contribution in [0.15, 0.2) is 36.4 Å². The molecule has 0 aliphatic rings. The van der Waals surface area contributed by atoms with Crippen molar-refractivity contribution in [3.8, 4) is 11.5 Å². The maximum absolute atomic E-state index is 13.7. The molecule has 2 N–H and O–H groups in total. The summed E-state index contributed by atoms with van der Waals surface area (Å²) in [5.41, 5.74) is 7.24. The molecule has 0 amide bonds. The second-order valence-electron chi connectivity index (χ2n) is 4.69. The molecular formula is C16H17F2NO2. The topological polar surface area (TPSA) is 44.5 Å². The van der Waals surface area contributed by atoms with Crippen LogP contribution in [0.5, 0.6) is 11.5 Å². The first-order valence-corrected chi connectivity index (χ1v) is 6.46. The third kappa shape index (κ3) is 3.70. The van der Waals surface area contributed by atoms with Crippen molar-refractivity contribution in [1.82, 2.24) is 0 Å². The Kier molecular flexibility index (Phi) is 4.75. The van der Waals surface area contributed by atoms with Gasteiger partial charge in [0.15, 0.2) is 0 Å².